The van der Waals surface area contributed by atoms with Gasteiger partial charge in [-0.3, -0.25) is 14.5 Å². The number of halogens is 1. The van der Waals surface area contributed by atoms with E-state index in [-0.39, 0.29) is 17.4 Å². The van der Waals surface area contributed by atoms with E-state index in [4.69, 9.17) is 21.3 Å². The third kappa shape index (κ3) is 6.81. The lowest BCUT2D eigenvalue weighted by molar-refractivity contribution is -0.132. The van der Waals surface area contributed by atoms with Crippen molar-refractivity contribution < 1.29 is 14.3 Å². The van der Waals surface area contributed by atoms with Gasteiger partial charge in [0.25, 0.3) is 0 Å². The summed E-state index contributed by atoms with van der Waals surface area (Å²) >= 11 is 8.11. The summed E-state index contributed by atoms with van der Waals surface area (Å²) in [5, 5.41) is 8.77. The lowest BCUT2D eigenvalue weighted by Gasteiger charge is -2.51. The number of likely N-dealkylation sites (tertiary alicyclic amines) is 1. The van der Waals surface area contributed by atoms with Crippen molar-refractivity contribution >= 4 is 41.2 Å². The van der Waals surface area contributed by atoms with Crippen LogP contribution >= 0.6 is 23.4 Å². The Morgan fingerprint density at radius 1 is 1.10 bits per heavy atom. The molecule has 1 unspecified atom stereocenters. The Morgan fingerprint density at radius 2 is 1.83 bits per heavy atom. The molecule has 0 aliphatic carbocycles. The van der Waals surface area contributed by atoms with Crippen molar-refractivity contribution in [3.8, 4) is 11.4 Å². The first-order valence-electron chi connectivity index (χ1n) is 14.1. The van der Waals surface area contributed by atoms with Crippen LogP contribution in [0.2, 0.25) is 5.02 Å². The normalized spacial score (nSPS) is 18.7. The second kappa shape index (κ2) is 12.1. The molecule has 224 valence electrons. The zero-order chi connectivity index (χ0) is 30.1. The Hall–Kier alpha value is -3.38. The number of nitrogens with zero attached hydrogens (tertiary/aromatic N) is 7. The maximum Gasteiger partial charge on any atom is 0.407 e. The molecule has 2 aliphatic heterocycles. The molecule has 0 saturated carbocycles. The molecule has 11 nitrogen and oxygen atoms in total. The molecule has 3 aromatic heterocycles. The van der Waals surface area contributed by atoms with Gasteiger partial charge in [-0.25, -0.2) is 14.8 Å². The Bertz CT molecular complexity index is 1430. The van der Waals surface area contributed by atoms with E-state index in [0.717, 1.165) is 48.1 Å². The van der Waals surface area contributed by atoms with E-state index in [1.807, 2.05) is 51.0 Å². The summed E-state index contributed by atoms with van der Waals surface area (Å²) in [7, 11) is 1.85. The molecule has 2 aliphatic rings. The van der Waals surface area contributed by atoms with Crippen LogP contribution in [-0.2, 0) is 16.6 Å². The van der Waals surface area contributed by atoms with E-state index in [1.54, 1.807) is 30.2 Å². The molecule has 2 saturated heterocycles. The fourth-order valence-electron chi connectivity index (χ4n) is 5.61. The van der Waals surface area contributed by atoms with Crippen LogP contribution in [0.4, 0.5) is 10.6 Å². The molecule has 0 radical (unpaired) electrons. The van der Waals surface area contributed by atoms with Gasteiger partial charge in [-0.15, -0.1) is 0 Å². The molecule has 5 heterocycles. The standard InChI is InChI=1S/C29H37ClN8O3S/c1-19(39)38-15-10-29(22(18-38)34-27(40)41-28(2,3)4)8-13-37(14-9-29)23-16-33-24(17-32-23)42-21-6-11-31-26(25(21)30)20-7-12-36(5)35-20/h6-7,11-12,16-17,22H,8-10,13-15,18H2,1-5H3,(H,34,40). The van der Waals surface area contributed by atoms with Crippen molar-refractivity contribution in [3.05, 3.63) is 41.9 Å². The van der Waals surface area contributed by atoms with Gasteiger partial charge in [0, 0.05) is 57.4 Å². The number of ether oxygens (including phenoxy) is 1. The summed E-state index contributed by atoms with van der Waals surface area (Å²) in [5.74, 6) is 0.828. The van der Waals surface area contributed by atoms with Crippen LogP contribution in [0.1, 0.15) is 47.0 Å². The predicted molar refractivity (Wildman–Crippen MR) is 162 cm³/mol. The highest BCUT2D eigenvalue weighted by molar-refractivity contribution is 7.99. The maximum absolute atomic E-state index is 12.7. The number of aryl methyl sites for hydroxylation is 1. The number of carbonyl (C=O) groups excluding carboxylic acids is 2. The van der Waals surface area contributed by atoms with Gasteiger partial charge in [0.2, 0.25) is 5.91 Å². The molecule has 2 amide bonds. The van der Waals surface area contributed by atoms with Crippen LogP contribution in [-0.4, -0.2) is 79.5 Å². The van der Waals surface area contributed by atoms with Crippen LogP contribution < -0.4 is 10.2 Å². The van der Waals surface area contributed by atoms with E-state index in [1.165, 1.54) is 11.8 Å². The maximum atomic E-state index is 12.7. The molecule has 5 rings (SSSR count). The van der Waals surface area contributed by atoms with Gasteiger partial charge >= 0.3 is 6.09 Å². The van der Waals surface area contributed by atoms with Crippen molar-refractivity contribution in [2.45, 2.75) is 68.5 Å². The highest BCUT2D eigenvalue weighted by Gasteiger charge is 2.46. The average molecular weight is 613 g/mol. The van der Waals surface area contributed by atoms with E-state index in [2.05, 4.69) is 25.3 Å². The van der Waals surface area contributed by atoms with Gasteiger partial charge in [0.1, 0.15) is 27.8 Å². The number of hydrogen-bond donors (Lipinski definition) is 1. The van der Waals surface area contributed by atoms with Gasteiger partial charge in [-0.1, -0.05) is 23.4 Å². The van der Waals surface area contributed by atoms with Gasteiger partial charge in [0.15, 0.2) is 0 Å². The first-order chi connectivity index (χ1) is 19.9. The second-order valence-electron chi connectivity index (χ2n) is 11.9. The molecule has 2 fully saturated rings. The number of aromatic nitrogens is 5. The summed E-state index contributed by atoms with van der Waals surface area (Å²) in [5.41, 5.74) is 0.627. The fraction of sp³-hybridized carbons (Fsp3) is 0.517. The molecule has 13 heteroatoms. The largest absolute Gasteiger partial charge is 0.444 e. The van der Waals surface area contributed by atoms with Gasteiger partial charge < -0.3 is 19.9 Å². The zero-order valence-corrected chi connectivity index (χ0v) is 26.2. The number of alkyl carbamates (subject to hydrolysis) is 1. The molecule has 42 heavy (non-hydrogen) atoms. The topological polar surface area (TPSA) is 118 Å². The summed E-state index contributed by atoms with van der Waals surface area (Å²) in [4.78, 5) is 43.5. The van der Waals surface area contributed by atoms with E-state index >= 15 is 0 Å². The number of rotatable bonds is 5. The molecule has 3 aromatic rings. The molecule has 1 N–H and O–H groups in total. The lowest BCUT2D eigenvalue weighted by atomic mass is 9.68. The number of carbonyl (C=O) groups is 2. The minimum absolute atomic E-state index is 0.0209. The predicted octanol–water partition coefficient (Wildman–Crippen LogP) is 4.81. The Labute approximate surface area is 255 Å². The van der Waals surface area contributed by atoms with Crippen LogP contribution in [0.3, 0.4) is 0 Å². The molecule has 0 bridgehead atoms. The van der Waals surface area contributed by atoms with Crippen LogP contribution in [0.25, 0.3) is 11.4 Å². The number of nitrogens with one attached hydrogen (secondary N) is 1. The van der Waals surface area contributed by atoms with Crippen molar-refractivity contribution in [1.29, 1.82) is 0 Å². The van der Waals surface area contributed by atoms with Gasteiger partial charge in [0.05, 0.1) is 23.5 Å². The monoisotopic (exact) mass is 612 g/mol. The number of anilines is 1. The third-order valence-electron chi connectivity index (χ3n) is 7.88. The molecular formula is C29H37ClN8O3S. The summed E-state index contributed by atoms with van der Waals surface area (Å²) < 4.78 is 7.27. The van der Waals surface area contributed by atoms with Crippen LogP contribution in [0, 0.1) is 5.41 Å². The summed E-state index contributed by atoms with van der Waals surface area (Å²) in [6.07, 6.45) is 9.24. The molecule has 0 aromatic carbocycles. The number of pyridine rings is 1. The van der Waals surface area contributed by atoms with Crippen molar-refractivity contribution in [2.24, 2.45) is 12.5 Å². The third-order valence-corrected chi connectivity index (χ3v) is 9.36. The fourth-order valence-corrected chi connectivity index (χ4v) is 6.69. The molecule has 1 spiro atoms. The number of amides is 2. The lowest BCUT2D eigenvalue weighted by Crippen LogP contribution is -2.62. The minimum atomic E-state index is -0.594. The number of piperidine rings is 2. The first-order valence-corrected chi connectivity index (χ1v) is 15.3. The zero-order valence-electron chi connectivity index (χ0n) is 24.6. The molecular weight excluding hydrogens is 576 g/mol. The minimum Gasteiger partial charge on any atom is -0.444 e. The smallest absolute Gasteiger partial charge is 0.407 e. The SMILES string of the molecule is CC(=O)N1CCC2(CCN(c3cnc(Sc4ccnc(-c5ccn(C)n5)c4Cl)cn3)CC2)C(NC(=O)OC(C)(C)C)C1. The number of hydrogen-bond acceptors (Lipinski definition) is 9. The van der Waals surface area contributed by atoms with Crippen molar-refractivity contribution in [3.63, 3.8) is 0 Å². The first kappa shape index (κ1) is 30.1. The van der Waals surface area contributed by atoms with Crippen molar-refractivity contribution in [1.82, 2.24) is 34.9 Å². The van der Waals surface area contributed by atoms with E-state index < -0.39 is 11.7 Å². The Balaban J connectivity index is 1.24. The highest BCUT2D eigenvalue weighted by atomic mass is 35.5. The van der Waals surface area contributed by atoms with Crippen LogP contribution in [0.15, 0.2) is 46.8 Å². The Kier molecular flexibility index (Phi) is 8.66. The van der Waals surface area contributed by atoms with Crippen molar-refractivity contribution in [2.75, 3.05) is 31.1 Å². The van der Waals surface area contributed by atoms with Gasteiger partial charge in [-0.2, -0.15) is 5.10 Å². The van der Waals surface area contributed by atoms with E-state index in [9.17, 15) is 9.59 Å². The quantitative estimate of drug-likeness (QED) is 0.433. The summed E-state index contributed by atoms with van der Waals surface area (Å²) in [6.45, 7) is 9.84. The highest BCUT2D eigenvalue weighted by Crippen LogP contribution is 2.43. The Morgan fingerprint density at radius 3 is 2.45 bits per heavy atom. The second-order valence-corrected chi connectivity index (χ2v) is 13.4. The molecule has 1 atom stereocenters. The summed E-state index contributed by atoms with van der Waals surface area (Å²) in [6, 6.07) is 3.55. The van der Waals surface area contributed by atoms with Gasteiger partial charge in [-0.05, 0) is 57.6 Å². The van der Waals surface area contributed by atoms with E-state index in [0.29, 0.717) is 29.5 Å². The van der Waals surface area contributed by atoms with Crippen LogP contribution in [0.5, 0.6) is 0 Å². The average Bonchev–Trinajstić information content (AvgIpc) is 3.37.